The van der Waals surface area contributed by atoms with Gasteiger partial charge in [0.2, 0.25) is 5.91 Å². The van der Waals surface area contributed by atoms with Crippen molar-refractivity contribution < 1.29 is 9.59 Å². The zero-order chi connectivity index (χ0) is 15.4. The maximum Gasteiger partial charge on any atom is 0.228 e. The molecule has 1 N–H and O–H groups in total. The highest BCUT2D eigenvalue weighted by Crippen LogP contribution is 2.22. The summed E-state index contributed by atoms with van der Waals surface area (Å²) in [6, 6.07) is 3.62. The van der Waals surface area contributed by atoms with Crippen LogP contribution in [-0.2, 0) is 9.59 Å². The Balaban J connectivity index is 1.94. The molecule has 114 valence electrons. The number of carbonyl (C=O) groups is 2. The van der Waals surface area contributed by atoms with Crippen LogP contribution in [0.25, 0.3) is 0 Å². The van der Waals surface area contributed by atoms with Crippen LogP contribution in [0.15, 0.2) is 12.1 Å². The number of amides is 1. The highest BCUT2D eigenvalue weighted by Gasteiger charge is 2.23. The maximum absolute atomic E-state index is 11.6. The van der Waals surface area contributed by atoms with Gasteiger partial charge >= 0.3 is 0 Å². The summed E-state index contributed by atoms with van der Waals surface area (Å²) in [7, 11) is 0. The molecule has 1 aliphatic rings. The molecule has 1 fully saturated rings. The molecule has 1 aliphatic heterocycles. The quantitative estimate of drug-likeness (QED) is 0.916. The Morgan fingerprint density at radius 1 is 1.24 bits per heavy atom. The van der Waals surface area contributed by atoms with Crippen LogP contribution in [0, 0.1) is 11.8 Å². The van der Waals surface area contributed by atoms with Crippen LogP contribution >= 0.6 is 0 Å². The Morgan fingerprint density at radius 2 is 1.90 bits per heavy atom. The van der Waals surface area contributed by atoms with Crippen molar-refractivity contribution in [3.05, 3.63) is 12.1 Å². The molecule has 6 nitrogen and oxygen atoms in total. The Kier molecular flexibility index (Phi) is 4.88. The monoisotopic (exact) mass is 290 g/mol. The van der Waals surface area contributed by atoms with E-state index in [4.69, 9.17) is 0 Å². The van der Waals surface area contributed by atoms with Crippen LogP contribution in [-0.4, -0.2) is 35.0 Å². The summed E-state index contributed by atoms with van der Waals surface area (Å²) in [5.41, 5.74) is 0. The van der Waals surface area contributed by atoms with Gasteiger partial charge in [-0.1, -0.05) is 13.8 Å². The van der Waals surface area contributed by atoms with Gasteiger partial charge in [-0.15, -0.1) is 10.2 Å². The van der Waals surface area contributed by atoms with Crippen LogP contribution < -0.4 is 10.2 Å². The van der Waals surface area contributed by atoms with Crippen molar-refractivity contribution in [3.8, 4) is 0 Å². The third kappa shape index (κ3) is 4.00. The van der Waals surface area contributed by atoms with E-state index in [1.165, 1.54) is 0 Å². The number of anilines is 2. The van der Waals surface area contributed by atoms with E-state index in [1.807, 2.05) is 19.9 Å². The summed E-state index contributed by atoms with van der Waals surface area (Å²) in [5.74, 6) is 1.55. The molecule has 1 aromatic rings. The average molecular weight is 290 g/mol. The second-order valence-electron chi connectivity index (χ2n) is 5.79. The normalized spacial score (nSPS) is 16.1. The molecule has 0 atom stereocenters. The minimum atomic E-state index is -0.0860. The molecule has 6 heteroatoms. The number of carbonyl (C=O) groups excluding carboxylic acids is 2. The summed E-state index contributed by atoms with van der Waals surface area (Å²) in [6.45, 7) is 6.95. The molecule has 2 heterocycles. The number of piperidine rings is 1. The van der Waals surface area contributed by atoms with Crippen LogP contribution in [0.3, 0.4) is 0 Å². The minimum absolute atomic E-state index is 0.0701. The van der Waals surface area contributed by atoms with Crippen molar-refractivity contribution >= 4 is 23.3 Å². The Bertz CT molecular complexity index is 505. The fraction of sp³-hybridized carbons (Fsp3) is 0.600. The zero-order valence-corrected chi connectivity index (χ0v) is 12.8. The van der Waals surface area contributed by atoms with Crippen LogP contribution in [0.2, 0.25) is 0 Å². The average Bonchev–Trinajstić information content (AvgIpc) is 2.48. The van der Waals surface area contributed by atoms with Crippen molar-refractivity contribution in [1.29, 1.82) is 0 Å². The fourth-order valence-corrected chi connectivity index (χ4v) is 2.35. The molecular weight excluding hydrogens is 268 g/mol. The summed E-state index contributed by atoms with van der Waals surface area (Å²) < 4.78 is 0. The summed E-state index contributed by atoms with van der Waals surface area (Å²) in [6.07, 6.45) is 1.73. The zero-order valence-electron chi connectivity index (χ0n) is 12.8. The molecule has 0 radical (unpaired) electrons. The second kappa shape index (κ2) is 6.65. The van der Waals surface area contributed by atoms with E-state index in [0.717, 1.165) is 31.7 Å². The van der Waals surface area contributed by atoms with Crippen LogP contribution in [0.1, 0.15) is 33.6 Å². The lowest BCUT2D eigenvalue weighted by Crippen LogP contribution is -2.36. The first-order valence-electron chi connectivity index (χ1n) is 7.37. The molecule has 1 amide bonds. The first-order valence-corrected chi connectivity index (χ1v) is 7.37. The van der Waals surface area contributed by atoms with E-state index in [0.29, 0.717) is 5.82 Å². The topological polar surface area (TPSA) is 75.2 Å². The number of nitrogens with zero attached hydrogens (tertiary/aromatic N) is 3. The summed E-state index contributed by atoms with van der Waals surface area (Å²) in [4.78, 5) is 25.1. The molecule has 1 aromatic heterocycles. The number of hydrogen-bond acceptors (Lipinski definition) is 5. The van der Waals surface area contributed by atoms with E-state index in [1.54, 1.807) is 13.0 Å². The van der Waals surface area contributed by atoms with Crippen molar-refractivity contribution in [2.24, 2.45) is 11.8 Å². The van der Waals surface area contributed by atoms with E-state index in [-0.39, 0.29) is 23.5 Å². The maximum atomic E-state index is 11.6. The Labute approximate surface area is 124 Å². The van der Waals surface area contributed by atoms with Crippen LogP contribution in [0.5, 0.6) is 0 Å². The van der Waals surface area contributed by atoms with Gasteiger partial charge in [-0.05, 0) is 31.9 Å². The third-order valence-corrected chi connectivity index (χ3v) is 3.82. The lowest BCUT2D eigenvalue weighted by Gasteiger charge is -2.31. The van der Waals surface area contributed by atoms with Gasteiger partial charge in [-0.2, -0.15) is 0 Å². The number of rotatable bonds is 4. The third-order valence-electron chi connectivity index (χ3n) is 3.82. The molecule has 0 aliphatic carbocycles. The number of hydrogen-bond donors (Lipinski definition) is 1. The van der Waals surface area contributed by atoms with Gasteiger partial charge in [0, 0.05) is 24.9 Å². The second-order valence-corrected chi connectivity index (χ2v) is 5.79. The summed E-state index contributed by atoms with van der Waals surface area (Å²) in [5, 5.41) is 10.9. The van der Waals surface area contributed by atoms with E-state index in [9.17, 15) is 9.59 Å². The standard InChI is InChI=1S/C15H22N4O2/c1-10(2)15(21)16-13-4-5-14(18-17-13)19-8-6-12(7-9-19)11(3)20/h4-5,10,12H,6-9H2,1-3H3,(H,16,17,21). The molecule has 0 bridgehead atoms. The lowest BCUT2D eigenvalue weighted by atomic mass is 9.93. The van der Waals surface area contributed by atoms with Crippen molar-refractivity contribution in [1.82, 2.24) is 10.2 Å². The molecule has 0 spiro atoms. The minimum Gasteiger partial charge on any atom is -0.355 e. The fourth-order valence-electron chi connectivity index (χ4n) is 2.35. The van der Waals surface area contributed by atoms with E-state index < -0.39 is 0 Å². The number of nitrogens with one attached hydrogen (secondary N) is 1. The molecule has 1 saturated heterocycles. The van der Waals surface area contributed by atoms with Gasteiger partial charge in [0.15, 0.2) is 11.6 Å². The van der Waals surface area contributed by atoms with E-state index in [2.05, 4.69) is 20.4 Å². The SMILES string of the molecule is CC(=O)C1CCN(c2ccc(NC(=O)C(C)C)nn2)CC1. The molecule has 0 aromatic carbocycles. The highest BCUT2D eigenvalue weighted by atomic mass is 16.2. The van der Waals surface area contributed by atoms with E-state index >= 15 is 0 Å². The van der Waals surface area contributed by atoms with Crippen molar-refractivity contribution in [2.75, 3.05) is 23.3 Å². The van der Waals surface area contributed by atoms with Gasteiger partial charge < -0.3 is 10.2 Å². The van der Waals surface area contributed by atoms with Gasteiger partial charge in [-0.3, -0.25) is 9.59 Å². The first-order chi connectivity index (χ1) is 9.97. The van der Waals surface area contributed by atoms with Gasteiger partial charge in [-0.25, -0.2) is 0 Å². The first kappa shape index (κ1) is 15.4. The Morgan fingerprint density at radius 3 is 2.38 bits per heavy atom. The predicted molar refractivity (Wildman–Crippen MR) is 81.1 cm³/mol. The van der Waals surface area contributed by atoms with Gasteiger partial charge in [0.25, 0.3) is 0 Å². The smallest absolute Gasteiger partial charge is 0.228 e. The number of aromatic nitrogens is 2. The molecule has 0 unspecified atom stereocenters. The largest absolute Gasteiger partial charge is 0.355 e. The van der Waals surface area contributed by atoms with Gasteiger partial charge in [0.05, 0.1) is 0 Å². The molecule has 2 rings (SSSR count). The van der Waals surface area contributed by atoms with Crippen LogP contribution in [0.4, 0.5) is 11.6 Å². The number of Topliss-reactive ketones (excluding diaryl/α,β-unsaturated/α-hetero) is 1. The molecule has 0 saturated carbocycles. The van der Waals surface area contributed by atoms with Crippen molar-refractivity contribution in [3.63, 3.8) is 0 Å². The molecule has 21 heavy (non-hydrogen) atoms. The van der Waals surface area contributed by atoms with Crippen molar-refractivity contribution in [2.45, 2.75) is 33.6 Å². The molecular formula is C15H22N4O2. The summed E-state index contributed by atoms with van der Waals surface area (Å²) >= 11 is 0. The number of ketones is 1. The Hall–Kier alpha value is -1.98. The lowest BCUT2D eigenvalue weighted by molar-refractivity contribution is -0.121. The predicted octanol–water partition coefficient (Wildman–Crippen LogP) is 1.88. The van der Waals surface area contributed by atoms with Gasteiger partial charge in [0.1, 0.15) is 5.78 Å². The highest BCUT2D eigenvalue weighted by molar-refractivity contribution is 5.91.